The van der Waals surface area contributed by atoms with Crippen molar-refractivity contribution in [2.75, 3.05) is 13.1 Å². The first-order valence-electron chi connectivity index (χ1n) is 9.90. The molecule has 8 heteroatoms. The van der Waals surface area contributed by atoms with Crippen LogP contribution in [0.5, 0.6) is 0 Å². The zero-order chi connectivity index (χ0) is 20.9. The largest absolute Gasteiger partial charge is 0.352 e. The molecule has 1 saturated heterocycles. The molecule has 1 aliphatic rings. The third kappa shape index (κ3) is 5.28. The van der Waals surface area contributed by atoms with Crippen molar-refractivity contribution in [2.45, 2.75) is 25.9 Å². The summed E-state index contributed by atoms with van der Waals surface area (Å²) in [5.74, 6) is 1.12. The van der Waals surface area contributed by atoms with E-state index in [-0.39, 0.29) is 11.8 Å². The van der Waals surface area contributed by atoms with Crippen LogP contribution in [0.4, 0.5) is 0 Å². The number of nitrogens with zero attached hydrogens (tertiary/aromatic N) is 3. The highest BCUT2D eigenvalue weighted by molar-refractivity contribution is 9.10. The van der Waals surface area contributed by atoms with Gasteiger partial charge in [-0.1, -0.05) is 63.0 Å². The van der Waals surface area contributed by atoms with Gasteiger partial charge in [-0.3, -0.25) is 9.69 Å². The lowest BCUT2D eigenvalue weighted by Crippen LogP contribution is -2.42. The maximum absolute atomic E-state index is 12.7. The van der Waals surface area contributed by atoms with Crippen molar-refractivity contribution in [3.63, 3.8) is 0 Å². The van der Waals surface area contributed by atoms with Gasteiger partial charge in [0.2, 0.25) is 17.6 Å². The Labute approximate surface area is 188 Å². The number of amides is 1. The number of likely N-dealkylation sites (tertiary alicyclic amines) is 1. The highest BCUT2D eigenvalue weighted by Gasteiger charge is 2.27. The van der Waals surface area contributed by atoms with E-state index in [4.69, 9.17) is 16.1 Å². The van der Waals surface area contributed by atoms with Crippen molar-refractivity contribution in [3.05, 3.63) is 69.5 Å². The number of hydrogen-bond acceptors (Lipinski definition) is 5. The van der Waals surface area contributed by atoms with Crippen LogP contribution in [0, 0.1) is 5.92 Å². The van der Waals surface area contributed by atoms with Crippen molar-refractivity contribution in [2.24, 2.45) is 5.92 Å². The number of carbonyl (C=O) groups excluding carboxylic acids is 1. The van der Waals surface area contributed by atoms with Crippen LogP contribution >= 0.6 is 27.5 Å². The Balaban J connectivity index is 1.33. The number of hydrogen-bond donors (Lipinski definition) is 1. The SMILES string of the molecule is O=C(NCc1ccccc1Cl)C1CCCN(Cc2nc(-c3cccc(Br)c3)no2)C1. The van der Waals surface area contributed by atoms with Crippen LogP contribution in [-0.4, -0.2) is 34.0 Å². The molecule has 0 bridgehead atoms. The molecule has 0 aliphatic carbocycles. The van der Waals surface area contributed by atoms with Gasteiger partial charge in [-0.15, -0.1) is 0 Å². The van der Waals surface area contributed by atoms with E-state index in [2.05, 4.69) is 36.3 Å². The highest BCUT2D eigenvalue weighted by atomic mass is 79.9. The Morgan fingerprint density at radius 2 is 2.13 bits per heavy atom. The van der Waals surface area contributed by atoms with Gasteiger partial charge in [-0.25, -0.2) is 0 Å². The molecule has 1 amide bonds. The minimum absolute atomic E-state index is 0.0555. The summed E-state index contributed by atoms with van der Waals surface area (Å²) in [7, 11) is 0. The Morgan fingerprint density at radius 1 is 1.27 bits per heavy atom. The second-order valence-electron chi connectivity index (χ2n) is 7.41. The smallest absolute Gasteiger partial charge is 0.241 e. The molecule has 2 aromatic carbocycles. The minimum Gasteiger partial charge on any atom is -0.352 e. The Kier molecular flexibility index (Phi) is 6.82. The van der Waals surface area contributed by atoms with Crippen LogP contribution < -0.4 is 5.32 Å². The molecule has 156 valence electrons. The first kappa shape index (κ1) is 21.0. The molecular weight excluding hydrogens is 468 g/mol. The van der Waals surface area contributed by atoms with Gasteiger partial charge >= 0.3 is 0 Å². The van der Waals surface area contributed by atoms with Gasteiger partial charge in [0.25, 0.3) is 0 Å². The van der Waals surface area contributed by atoms with Crippen LogP contribution in [0.3, 0.4) is 0 Å². The average molecular weight is 490 g/mol. The molecule has 4 rings (SSSR count). The van der Waals surface area contributed by atoms with E-state index in [1.165, 1.54) is 0 Å². The molecule has 1 fully saturated rings. The molecule has 0 radical (unpaired) electrons. The summed E-state index contributed by atoms with van der Waals surface area (Å²) in [4.78, 5) is 19.4. The lowest BCUT2D eigenvalue weighted by molar-refractivity contribution is -0.127. The number of carbonyl (C=O) groups is 1. The highest BCUT2D eigenvalue weighted by Crippen LogP contribution is 2.23. The summed E-state index contributed by atoms with van der Waals surface area (Å²) in [5.41, 5.74) is 1.82. The third-order valence-corrected chi connectivity index (χ3v) is 6.06. The molecule has 3 aromatic rings. The quantitative estimate of drug-likeness (QED) is 0.544. The van der Waals surface area contributed by atoms with Crippen LogP contribution in [0.25, 0.3) is 11.4 Å². The second-order valence-corrected chi connectivity index (χ2v) is 8.73. The number of benzene rings is 2. The zero-order valence-corrected chi connectivity index (χ0v) is 18.7. The lowest BCUT2D eigenvalue weighted by atomic mass is 9.97. The van der Waals surface area contributed by atoms with Crippen molar-refractivity contribution < 1.29 is 9.32 Å². The van der Waals surface area contributed by atoms with Gasteiger partial charge in [0, 0.05) is 28.1 Å². The monoisotopic (exact) mass is 488 g/mol. The van der Waals surface area contributed by atoms with E-state index < -0.39 is 0 Å². The molecule has 1 unspecified atom stereocenters. The number of piperidine rings is 1. The van der Waals surface area contributed by atoms with Crippen molar-refractivity contribution in [3.8, 4) is 11.4 Å². The van der Waals surface area contributed by atoms with Gasteiger partial charge < -0.3 is 9.84 Å². The van der Waals surface area contributed by atoms with Crippen LogP contribution in [-0.2, 0) is 17.9 Å². The topological polar surface area (TPSA) is 71.3 Å². The Bertz CT molecular complexity index is 1030. The van der Waals surface area contributed by atoms with E-state index >= 15 is 0 Å². The summed E-state index contributed by atoms with van der Waals surface area (Å²) < 4.78 is 6.41. The molecule has 1 N–H and O–H groups in total. The fourth-order valence-electron chi connectivity index (χ4n) is 3.64. The number of nitrogens with one attached hydrogen (secondary N) is 1. The van der Waals surface area contributed by atoms with Crippen molar-refractivity contribution in [1.29, 1.82) is 0 Å². The first-order chi connectivity index (χ1) is 14.6. The van der Waals surface area contributed by atoms with E-state index in [1.54, 1.807) is 0 Å². The summed E-state index contributed by atoms with van der Waals surface area (Å²) in [6, 6.07) is 15.3. The molecule has 2 heterocycles. The van der Waals surface area contributed by atoms with Gasteiger partial charge in [0.1, 0.15) is 0 Å². The zero-order valence-electron chi connectivity index (χ0n) is 16.4. The normalized spacial score (nSPS) is 17.1. The molecule has 30 heavy (non-hydrogen) atoms. The van der Waals surface area contributed by atoms with E-state index in [0.717, 1.165) is 35.0 Å². The van der Waals surface area contributed by atoms with Crippen LogP contribution in [0.1, 0.15) is 24.3 Å². The molecular formula is C22H22BrClN4O2. The van der Waals surface area contributed by atoms with E-state index in [0.29, 0.717) is 36.4 Å². The third-order valence-electron chi connectivity index (χ3n) is 5.20. The fraction of sp³-hybridized carbons (Fsp3) is 0.318. The summed E-state index contributed by atoms with van der Waals surface area (Å²) >= 11 is 9.63. The van der Waals surface area contributed by atoms with Crippen molar-refractivity contribution in [1.82, 2.24) is 20.4 Å². The molecule has 1 atom stereocenters. The molecule has 6 nitrogen and oxygen atoms in total. The lowest BCUT2D eigenvalue weighted by Gasteiger charge is -2.30. The maximum Gasteiger partial charge on any atom is 0.241 e. The molecule has 1 aromatic heterocycles. The number of rotatable bonds is 6. The van der Waals surface area contributed by atoms with E-state index in [9.17, 15) is 4.79 Å². The summed E-state index contributed by atoms with van der Waals surface area (Å²) in [6.45, 7) is 2.55. The van der Waals surface area contributed by atoms with Crippen LogP contribution in [0.2, 0.25) is 5.02 Å². The van der Waals surface area contributed by atoms with Gasteiger partial charge in [-0.2, -0.15) is 4.98 Å². The first-order valence-corrected chi connectivity index (χ1v) is 11.1. The van der Waals surface area contributed by atoms with Gasteiger partial charge in [0.15, 0.2) is 0 Å². The maximum atomic E-state index is 12.7. The molecule has 1 aliphatic heterocycles. The van der Waals surface area contributed by atoms with Gasteiger partial charge in [0.05, 0.1) is 12.5 Å². The van der Waals surface area contributed by atoms with Crippen LogP contribution in [0.15, 0.2) is 57.5 Å². The predicted molar refractivity (Wildman–Crippen MR) is 119 cm³/mol. The molecule has 0 spiro atoms. The standard InChI is InChI=1S/C22H22BrClN4O2/c23-18-8-3-6-15(11-18)21-26-20(30-27-21)14-28-10-4-7-17(13-28)22(29)25-12-16-5-1-2-9-19(16)24/h1-3,5-6,8-9,11,17H,4,7,10,12-14H2,(H,25,29). The van der Waals surface area contributed by atoms with E-state index in [1.807, 2.05) is 48.5 Å². The summed E-state index contributed by atoms with van der Waals surface area (Å²) in [5, 5.41) is 7.78. The minimum atomic E-state index is -0.0614. The number of aromatic nitrogens is 2. The number of halogens is 2. The predicted octanol–water partition coefficient (Wildman–Crippen LogP) is 4.68. The Hall–Kier alpha value is -2.22. The molecule has 0 saturated carbocycles. The summed E-state index contributed by atoms with van der Waals surface area (Å²) in [6.07, 6.45) is 1.83. The Morgan fingerprint density at radius 3 is 2.97 bits per heavy atom. The van der Waals surface area contributed by atoms with Crippen molar-refractivity contribution >= 4 is 33.4 Å². The second kappa shape index (κ2) is 9.73. The average Bonchev–Trinajstić information content (AvgIpc) is 3.22. The van der Waals surface area contributed by atoms with Gasteiger partial charge in [-0.05, 0) is 43.1 Å². The fourth-order valence-corrected chi connectivity index (χ4v) is 4.24.